The number of aryl methyl sites for hydroxylation is 1. The van der Waals surface area contributed by atoms with Crippen LogP contribution in [0.15, 0.2) is 24.3 Å². The maximum Gasteiger partial charge on any atom is 0.166 e. The van der Waals surface area contributed by atoms with Gasteiger partial charge in [0.05, 0.1) is 11.4 Å². The lowest BCUT2D eigenvalue weighted by Gasteiger charge is -2.05. The number of hydrogen-bond donors (Lipinski definition) is 0. The Morgan fingerprint density at radius 1 is 1.25 bits per heavy atom. The van der Waals surface area contributed by atoms with E-state index in [4.69, 9.17) is 0 Å². The lowest BCUT2D eigenvalue weighted by Crippen LogP contribution is -1.96. The molecule has 0 aliphatic heterocycles. The SMILES string of the molecule is Cc1ccc2c(c1)-c1c(cc(C=O)n1C)C2. The van der Waals surface area contributed by atoms with Crippen molar-refractivity contribution in [3.05, 3.63) is 46.6 Å². The quantitative estimate of drug-likeness (QED) is 0.567. The predicted molar refractivity (Wildman–Crippen MR) is 63.8 cm³/mol. The van der Waals surface area contributed by atoms with Crippen LogP contribution in [0.5, 0.6) is 0 Å². The average molecular weight is 211 g/mol. The maximum absolute atomic E-state index is 10.9. The molecule has 16 heavy (non-hydrogen) atoms. The highest BCUT2D eigenvalue weighted by Crippen LogP contribution is 2.38. The number of hydrogen-bond acceptors (Lipinski definition) is 1. The third-order valence-electron chi connectivity index (χ3n) is 3.37. The molecule has 0 saturated carbocycles. The van der Waals surface area contributed by atoms with Crippen molar-refractivity contribution in [3.63, 3.8) is 0 Å². The molecular formula is C14H13NO. The van der Waals surface area contributed by atoms with E-state index in [0.29, 0.717) is 0 Å². The van der Waals surface area contributed by atoms with E-state index in [1.807, 2.05) is 17.7 Å². The van der Waals surface area contributed by atoms with Gasteiger partial charge in [0.25, 0.3) is 0 Å². The van der Waals surface area contributed by atoms with E-state index in [1.165, 1.54) is 27.9 Å². The van der Waals surface area contributed by atoms with Gasteiger partial charge in [0.15, 0.2) is 6.29 Å². The van der Waals surface area contributed by atoms with Gasteiger partial charge in [0.1, 0.15) is 0 Å². The van der Waals surface area contributed by atoms with Gasteiger partial charge in [0.2, 0.25) is 0 Å². The van der Waals surface area contributed by atoms with E-state index in [2.05, 4.69) is 25.1 Å². The highest BCUT2D eigenvalue weighted by atomic mass is 16.1. The van der Waals surface area contributed by atoms with Gasteiger partial charge in [-0.15, -0.1) is 0 Å². The summed E-state index contributed by atoms with van der Waals surface area (Å²) in [5.41, 5.74) is 7.15. The van der Waals surface area contributed by atoms with Crippen LogP contribution in [-0.4, -0.2) is 10.9 Å². The minimum Gasteiger partial charge on any atom is -0.341 e. The molecule has 0 saturated heterocycles. The van der Waals surface area contributed by atoms with Crippen LogP contribution in [0.1, 0.15) is 27.2 Å². The Balaban J connectivity index is 2.30. The van der Waals surface area contributed by atoms with Crippen molar-refractivity contribution >= 4 is 6.29 Å². The second-order valence-corrected chi connectivity index (χ2v) is 4.46. The molecule has 0 spiro atoms. The Labute approximate surface area is 94.5 Å². The van der Waals surface area contributed by atoms with Crippen LogP contribution >= 0.6 is 0 Å². The van der Waals surface area contributed by atoms with Crippen molar-refractivity contribution in [3.8, 4) is 11.3 Å². The lowest BCUT2D eigenvalue weighted by molar-refractivity contribution is 0.111. The molecule has 3 rings (SSSR count). The highest BCUT2D eigenvalue weighted by molar-refractivity contribution is 5.82. The fourth-order valence-corrected chi connectivity index (χ4v) is 2.56. The van der Waals surface area contributed by atoms with E-state index in [1.54, 1.807) is 0 Å². The summed E-state index contributed by atoms with van der Waals surface area (Å²) in [6.45, 7) is 2.10. The van der Waals surface area contributed by atoms with Crippen LogP contribution in [0, 0.1) is 6.92 Å². The summed E-state index contributed by atoms with van der Waals surface area (Å²) in [7, 11) is 1.96. The van der Waals surface area contributed by atoms with E-state index >= 15 is 0 Å². The molecular weight excluding hydrogens is 198 g/mol. The molecule has 0 bridgehead atoms. The maximum atomic E-state index is 10.9. The molecule has 0 fully saturated rings. The van der Waals surface area contributed by atoms with Gasteiger partial charge in [-0.1, -0.05) is 17.7 Å². The summed E-state index contributed by atoms with van der Waals surface area (Å²) in [4.78, 5) is 10.9. The number of carbonyl (C=O) groups is 1. The second kappa shape index (κ2) is 3.08. The summed E-state index contributed by atoms with van der Waals surface area (Å²) >= 11 is 0. The molecule has 0 atom stereocenters. The van der Waals surface area contributed by atoms with Crippen LogP contribution in [0.3, 0.4) is 0 Å². The molecule has 1 aliphatic carbocycles. The number of aldehydes is 1. The highest BCUT2D eigenvalue weighted by Gasteiger charge is 2.23. The largest absolute Gasteiger partial charge is 0.341 e. The Morgan fingerprint density at radius 2 is 2.06 bits per heavy atom. The topological polar surface area (TPSA) is 22.0 Å². The van der Waals surface area contributed by atoms with E-state index < -0.39 is 0 Å². The molecule has 1 aromatic carbocycles. The van der Waals surface area contributed by atoms with Gasteiger partial charge in [-0.2, -0.15) is 0 Å². The summed E-state index contributed by atoms with van der Waals surface area (Å²) < 4.78 is 1.99. The van der Waals surface area contributed by atoms with Gasteiger partial charge in [-0.3, -0.25) is 4.79 Å². The van der Waals surface area contributed by atoms with Crippen LogP contribution in [0.4, 0.5) is 0 Å². The van der Waals surface area contributed by atoms with Crippen molar-refractivity contribution in [2.24, 2.45) is 7.05 Å². The normalized spacial score (nSPS) is 12.4. The van der Waals surface area contributed by atoms with E-state index in [-0.39, 0.29) is 0 Å². The Morgan fingerprint density at radius 3 is 2.81 bits per heavy atom. The van der Waals surface area contributed by atoms with E-state index in [9.17, 15) is 4.79 Å². The van der Waals surface area contributed by atoms with Gasteiger partial charge >= 0.3 is 0 Å². The van der Waals surface area contributed by atoms with Crippen LogP contribution in [0.2, 0.25) is 0 Å². The molecule has 1 heterocycles. The fourth-order valence-electron chi connectivity index (χ4n) is 2.56. The summed E-state index contributed by atoms with van der Waals surface area (Å²) in [5, 5.41) is 0. The van der Waals surface area contributed by atoms with Crippen LogP contribution < -0.4 is 0 Å². The van der Waals surface area contributed by atoms with Gasteiger partial charge in [-0.05, 0) is 30.2 Å². The van der Waals surface area contributed by atoms with Crippen molar-refractivity contribution < 1.29 is 4.79 Å². The Bertz CT molecular complexity index is 593. The molecule has 1 aliphatic rings. The zero-order valence-corrected chi connectivity index (χ0v) is 9.45. The summed E-state index contributed by atoms with van der Waals surface area (Å²) in [6, 6.07) is 8.53. The first-order valence-electron chi connectivity index (χ1n) is 5.44. The number of nitrogens with zero attached hydrogens (tertiary/aromatic N) is 1. The van der Waals surface area contributed by atoms with Gasteiger partial charge < -0.3 is 4.57 Å². The number of benzene rings is 1. The zero-order valence-electron chi connectivity index (χ0n) is 9.45. The molecule has 0 unspecified atom stereocenters. The zero-order chi connectivity index (χ0) is 11.3. The lowest BCUT2D eigenvalue weighted by atomic mass is 10.1. The Hall–Kier alpha value is -1.83. The molecule has 0 N–H and O–H groups in total. The average Bonchev–Trinajstić information content (AvgIpc) is 2.76. The van der Waals surface area contributed by atoms with Crippen molar-refractivity contribution in [1.29, 1.82) is 0 Å². The van der Waals surface area contributed by atoms with Gasteiger partial charge in [-0.25, -0.2) is 0 Å². The third-order valence-corrected chi connectivity index (χ3v) is 3.37. The molecule has 80 valence electrons. The number of rotatable bonds is 1. The first-order valence-corrected chi connectivity index (χ1v) is 5.44. The standard InChI is InChI=1S/C14H13NO/c1-9-3-4-10-6-11-7-12(8-16)15(2)14(11)13(10)5-9/h3-5,7-8H,6H2,1-2H3. The fraction of sp³-hybridized carbons (Fsp3) is 0.214. The van der Waals surface area contributed by atoms with Crippen LogP contribution in [-0.2, 0) is 13.5 Å². The van der Waals surface area contributed by atoms with Crippen molar-refractivity contribution in [2.45, 2.75) is 13.3 Å². The molecule has 1 aromatic heterocycles. The molecule has 2 nitrogen and oxygen atoms in total. The number of carbonyl (C=O) groups excluding carboxylic acids is 1. The number of aromatic nitrogens is 1. The molecule has 0 amide bonds. The Kier molecular flexibility index (Phi) is 1.81. The monoisotopic (exact) mass is 211 g/mol. The number of fused-ring (bicyclic) bond motifs is 3. The first kappa shape index (κ1) is 9.40. The van der Waals surface area contributed by atoms with E-state index in [0.717, 1.165) is 18.4 Å². The van der Waals surface area contributed by atoms with Crippen molar-refractivity contribution in [2.75, 3.05) is 0 Å². The second-order valence-electron chi connectivity index (χ2n) is 4.46. The third kappa shape index (κ3) is 1.10. The molecule has 0 radical (unpaired) electrons. The minimum absolute atomic E-state index is 0.761. The predicted octanol–water partition coefficient (Wildman–Crippen LogP) is 2.72. The van der Waals surface area contributed by atoms with Crippen molar-refractivity contribution in [1.82, 2.24) is 4.57 Å². The molecule has 2 aromatic rings. The first-order chi connectivity index (χ1) is 7.70. The van der Waals surface area contributed by atoms with Gasteiger partial charge in [0, 0.05) is 19.0 Å². The minimum atomic E-state index is 0.761. The molecule has 2 heteroatoms. The summed E-state index contributed by atoms with van der Waals surface area (Å²) in [6.07, 6.45) is 1.88. The summed E-state index contributed by atoms with van der Waals surface area (Å²) in [5.74, 6) is 0. The smallest absolute Gasteiger partial charge is 0.166 e. The van der Waals surface area contributed by atoms with Crippen LogP contribution in [0.25, 0.3) is 11.3 Å².